The summed E-state index contributed by atoms with van der Waals surface area (Å²) < 4.78 is 44.1. The second-order valence-corrected chi connectivity index (χ2v) is 25.2. The fourth-order valence-electron chi connectivity index (χ4n) is 11.2. The molecule has 6 aliphatic heterocycles. The van der Waals surface area contributed by atoms with E-state index in [4.69, 9.17) is 18.4 Å². The highest BCUT2D eigenvalue weighted by Crippen LogP contribution is 2.42. The van der Waals surface area contributed by atoms with E-state index in [9.17, 15) is 23.1 Å². The molecule has 16 heteroatoms. The fourth-order valence-corrected chi connectivity index (χ4v) is 11.9. The summed E-state index contributed by atoms with van der Waals surface area (Å²) in [6.07, 6.45) is 13.5. The number of nitrogens with zero attached hydrogens (tertiary/aromatic N) is 6. The number of phenolic OH excluding ortho intramolecular Hbond substituents is 1. The van der Waals surface area contributed by atoms with Crippen molar-refractivity contribution in [2.75, 3.05) is 85.8 Å². The van der Waals surface area contributed by atoms with Gasteiger partial charge in [-0.3, -0.25) is 14.0 Å². The van der Waals surface area contributed by atoms with Crippen LogP contribution in [0, 0.1) is 13.8 Å². The van der Waals surface area contributed by atoms with Crippen LogP contribution in [0.1, 0.15) is 141 Å². The Balaban J connectivity index is 0.000000192. The summed E-state index contributed by atoms with van der Waals surface area (Å²) >= 11 is 0. The number of carbonyl (C=O) groups is 2. The van der Waals surface area contributed by atoms with Crippen molar-refractivity contribution in [2.45, 2.75) is 180 Å². The van der Waals surface area contributed by atoms with Gasteiger partial charge in [-0.05, 0) is 183 Å². The predicted octanol–water partition coefficient (Wildman–Crippen LogP) is 8.96. The quantitative estimate of drug-likeness (QED) is 0.252. The van der Waals surface area contributed by atoms with E-state index >= 15 is 0 Å². The molecule has 0 bridgehead atoms. The number of ether oxygens (including phenoxy) is 3. The Morgan fingerprint density at radius 3 is 1.44 bits per heavy atom. The monoisotopic (exact) mass is 1010 g/mol. The van der Waals surface area contributed by atoms with E-state index in [1.165, 1.54) is 36.8 Å². The maximum Gasteiger partial charge on any atom is 0.410 e. The van der Waals surface area contributed by atoms with Crippen LogP contribution in [0.2, 0.25) is 0 Å². The normalized spacial score (nSPS) is 21.9. The highest BCUT2D eigenvalue weighted by Gasteiger charge is 2.46. The number of carbonyl (C=O) groups excluding carboxylic acids is 2. The number of amides is 2. The molecule has 2 aromatic rings. The van der Waals surface area contributed by atoms with Crippen molar-refractivity contribution in [2.24, 2.45) is 0 Å². The maximum absolute atomic E-state index is 12.5. The first-order chi connectivity index (χ1) is 33.3. The topological polar surface area (TPSA) is 145 Å². The molecule has 0 atom stereocenters. The lowest BCUT2D eigenvalue weighted by Gasteiger charge is -2.45. The van der Waals surface area contributed by atoms with Gasteiger partial charge in [-0.2, -0.15) is 8.42 Å². The average molecular weight is 1010 g/mol. The Kier molecular flexibility index (Phi) is 19.2. The van der Waals surface area contributed by atoms with Gasteiger partial charge in [-0.15, -0.1) is 0 Å². The van der Waals surface area contributed by atoms with Crippen LogP contribution in [-0.2, 0) is 36.9 Å². The van der Waals surface area contributed by atoms with Gasteiger partial charge in [-0.1, -0.05) is 24.3 Å². The minimum Gasteiger partial charge on any atom is -0.508 e. The largest absolute Gasteiger partial charge is 0.508 e. The summed E-state index contributed by atoms with van der Waals surface area (Å²) in [5.74, 6) is 1.45. The Labute approximate surface area is 427 Å². The van der Waals surface area contributed by atoms with E-state index < -0.39 is 21.3 Å². The second kappa shape index (κ2) is 24.1. The number of aromatic hydroxyl groups is 1. The van der Waals surface area contributed by atoms with Crippen LogP contribution in [0.25, 0.3) is 0 Å². The molecular weight excluding hydrogens is 921 g/mol. The van der Waals surface area contributed by atoms with Crippen LogP contribution in [-0.4, -0.2) is 175 Å². The number of hydrogen-bond donors (Lipinski definition) is 1. The molecule has 6 saturated heterocycles. The van der Waals surface area contributed by atoms with Gasteiger partial charge < -0.3 is 38.9 Å². The van der Waals surface area contributed by atoms with Crippen molar-refractivity contribution >= 4 is 22.3 Å². The molecule has 8 rings (SSSR count). The maximum atomic E-state index is 12.5. The van der Waals surface area contributed by atoms with Crippen LogP contribution in [0.15, 0.2) is 36.4 Å². The van der Waals surface area contributed by atoms with E-state index in [0.29, 0.717) is 11.9 Å². The number of piperidine rings is 4. The second-order valence-electron chi connectivity index (χ2n) is 23.6. The first kappa shape index (κ1) is 56.6. The van der Waals surface area contributed by atoms with Gasteiger partial charge in [0.05, 0.1) is 12.4 Å². The number of phenols is 1. The summed E-state index contributed by atoms with van der Waals surface area (Å²) in [7, 11) is 0.954. The lowest BCUT2D eigenvalue weighted by Crippen LogP contribution is -2.53. The average Bonchev–Trinajstić information content (AvgIpc) is 3.85. The van der Waals surface area contributed by atoms with E-state index in [-0.39, 0.29) is 29.4 Å². The molecule has 0 unspecified atom stereocenters. The van der Waals surface area contributed by atoms with Crippen molar-refractivity contribution in [3.63, 3.8) is 0 Å². The Morgan fingerprint density at radius 2 is 1.01 bits per heavy atom. The van der Waals surface area contributed by atoms with Crippen molar-refractivity contribution < 1.29 is 41.5 Å². The molecule has 0 aliphatic carbocycles. The summed E-state index contributed by atoms with van der Waals surface area (Å²) in [4.78, 5) is 38.4. The van der Waals surface area contributed by atoms with Gasteiger partial charge in [-0.25, -0.2) is 9.59 Å². The van der Waals surface area contributed by atoms with Gasteiger partial charge in [0, 0.05) is 87.7 Å². The van der Waals surface area contributed by atoms with Crippen LogP contribution in [0.5, 0.6) is 11.5 Å². The van der Waals surface area contributed by atoms with Crippen LogP contribution in [0.4, 0.5) is 9.59 Å². The third-order valence-electron chi connectivity index (χ3n) is 15.3. The summed E-state index contributed by atoms with van der Waals surface area (Å²) in [6, 6.07) is 12.6. The Hall–Kier alpha value is -3.67. The molecule has 6 heterocycles. The summed E-state index contributed by atoms with van der Waals surface area (Å²) in [5.41, 5.74) is 4.07. The standard InChI is InChI=1S/C27H43N3O3.C21H32N2O3.C7H15NO3S/c1-21-7-8-22(24(19-21)32-23-9-15-28(5)16-10-23)20-30-14-6-11-27(30)12-17-29(18-13-27)25(31)33-26(2,3)4;1-16-6-7-17(18(24)14-16)15-23-11-5-8-21(23)9-12-22(13-10-21)19(25)26-20(2,3)4;1-8-5-3-7(4-6-8)11-12(2,9)10/h7-8,19,23H,6,9-18,20H2,1-5H3;6-7,14,24H,5,8-13,15H2,1-4H3;7H,3-6H2,1-2H3. The molecule has 0 saturated carbocycles. The van der Waals surface area contributed by atoms with Gasteiger partial charge in [0.2, 0.25) is 0 Å². The predicted molar refractivity (Wildman–Crippen MR) is 280 cm³/mol. The molecule has 400 valence electrons. The van der Waals surface area contributed by atoms with E-state index in [0.717, 1.165) is 153 Å². The van der Waals surface area contributed by atoms with Crippen molar-refractivity contribution in [3.8, 4) is 11.5 Å². The molecule has 71 heavy (non-hydrogen) atoms. The molecule has 2 amide bonds. The van der Waals surface area contributed by atoms with Gasteiger partial charge in [0.1, 0.15) is 28.8 Å². The molecule has 0 aromatic heterocycles. The van der Waals surface area contributed by atoms with Crippen molar-refractivity contribution in [1.82, 2.24) is 29.4 Å². The minimum absolute atomic E-state index is 0.101. The molecule has 2 aromatic carbocycles. The Bertz CT molecular complexity index is 2160. The molecule has 2 spiro atoms. The van der Waals surface area contributed by atoms with Gasteiger partial charge >= 0.3 is 12.2 Å². The zero-order chi connectivity index (χ0) is 51.8. The summed E-state index contributed by atoms with van der Waals surface area (Å²) in [6.45, 7) is 26.6. The number of hydrogen-bond acceptors (Lipinski definition) is 13. The Morgan fingerprint density at radius 1 is 0.606 bits per heavy atom. The first-order valence-electron chi connectivity index (χ1n) is 26.6. The van der Waals surface area contributed by atoms with Gasteiger partial charge in [0.25, 0.3) is 10.1 Å². The lowest BCUT2D eigenvalue weighted by molar-refractivity contribution is 0.000567. The number of aryl methyl sites for hydroxylation is 2. The molecule has 15 nitrogen and oxygen atoms in total. The third kappa shape index (κ3) is 16.9. The fraction of sp³-hybridized carbons (Fsp3) is 0.745. The number of benzene rings is 2. The SMILES string of the molecule is CN1CCC(OS(C)(=O)=O)CC1.Cc1ccc(CN2CCCC23CCN(C(=O)OC(C)(C)C)CC3)c(O)c1.Cc1ccc(CN2CCCC23CCN(C(=O)OC(C)(C)C)CC3)c(OC2CCN(C)CC2)c1. The molecule has 6 aliphatic rings. The molecule has 1 N–H and O–H groups in total. The van der Waals surface area contributed by atoms with Crippen molar-refractivity contribution in [1.29, 1.82) is 0 Å². The van der Waals surface area contributed by atoms with E-state index in [1.807, 2.05) is 77.4 Å². The third-order valence-corrected chi connectivity index (χ3v) is 15.9. The van der Waals surface area contributed by atoms with Crippen LogP contribution < -0.4 is 4.74 Å². The zero-order valence-electron chi connectivity index (χ0n) is 45.4. The van der Waals surface area contributed by atoms with E-state index in [2.05, 4.69) is 57.8 Å². The number of likely N-dealkylation sites (tertiary alicyclic amines) is 6. The first-order valence-corrected chi connectivity index (χ1v) is 28.4. The highest BCUT2D eigenvalue weighted by atomic mass is 32.2. The smallest absolute Gasteiger partial charge is 0.410 e. The van der Waals surface area contributed by atoms with Crippen molar-refractivity contribution in [3.05, 3.63) is 58.7 Å². The highest BCUT2D eigenvalue weighted by molar-refractivity contribution is 7.86. The van der Waals surface area contributed by atoms with Crippen LogP contribution in [0.3, 0.4) is 0 Å². The van der Waals surface area contributed by atoms with Gasteiger partial charge in [0.15, 0.2) is 0 Å². The van der Waals surface area contributed by atoms with Crippen LogP contribution >= 0.6 is 0 Å². The lowest BCUT2D eigenvalue weighted by atomic mass is 9.84. The number of rotatable bonds is 8. The van der Waals surface area contributed by atoms with E-state index in [1.54, 1.807) is 0 Å². The molecule has 6 fully saturated rings. The molecule has 0 radical (unpaired) electrons. The molecular formula is C55H90N6O9S. The summed E-state index contributed by atoms with van der Waals surface area (Å²) in [5, 5.41) is 10.3. The minimum atomic E-state index is -3.26. The zero-order valence-corrected chi connectivity index (χ0v) is 46.2.